The molecule has 0 aliphatic carbocycles. The summed E-state index contributed by atoms with van der Waals surface area (Å²) >= 11 is 2.18. The molecular formula is C27H24INO3. The van der Waals surface area contributed by atoms with E-state index in [1.807, 2.05) is 42.5 Å². The first-order valence-electron chi connectivity index (χ1n) is 10.4. The van der Waals surface area contributed by atoms with Crippen LogP contribution in [0.1, 0.15) is 27.0 Å². The van der Waals surface area contributed by atoms with Crippen LogP contribution in [0.25, 0.3) is 10.8 Å². The minimum absolute atomic E-state index is 0.153. The van der Waals surface area contributed by atoms with E-state index in [2.05, 4.69) is 65.2 Å². The molecule has 0 aliphatic rings. The van der Waals surface area contributed by atoms with Crippen LogP contribution < -0.4 is 14.8 Å². The zero-order valence-corrected chi connectivity index (χ0v) is 20.2. The lowest BCUT2D eigenvalue weighted by atomic mass is 10.0. The molecule has 0 saturated carbocycles. The molecule has 32 heavy (non-hydrogen) atoms. The smallest absolute Gasteiger partial charge is 0.251 e. The average Bonchev–Trinajstić information content (AvgIpc) is 2.82. The predicted molar refractivity (Wildman–Crippen MR) is 136 cm³/mol. The Morgan fingerprint density at radius 2 is 1.72 bits per heavy atom. The monoisotopic (exact) mass is 537 g/mol. The van der Waals surface area contributed by atoms with E-state index >= 15 is 0 Å². The fraction of sp³-hybridized carbons (Fsp3) is 0.148. The van der Waals surface area contributed by atoms with Gasteiger partial charge in [0.1, 0.15) is 6.61 Å². The van der Waals surface area contributed by atoms with Crippen LogP contribution in [0.5, 0.6) is 11.5 Å². The predicted octanol–water partition coefficient (Wildman–Crippen LogP) is 6.27. The van der Waals surface area contributed by atoms with Crippen molar-refractivity contribution in [2.75, 3.05) is 7.11 Å². The summed E-state index contributed by atoms with van der Waals surface area (Å²) in [6.07, 6.45) is 0. The number of fused-ring (bicyclic) bond motifs is 1. The summed E-state index contributed by atoms with van der Waals surface area (Å²) in [5, 5.41) is 5.33. The van der Waals surface area contributed by atoms with E-state index in [0.29, 0.717) is 30.2 Å². The van der Waals surface area contributed by atoms with Gasteiger partial charge >= 0.3 is 0 Å². The number of aryl methyl sites for hydroxylation is 1. The van der Waals surface area contributed by atoms with Crippen molar-refractivity contribution in [1.29, 1.82) is 0 Å². The highest BCUT2D eigenvalue weighted by molar-refractivity contribution is 14.1. The Morgan fingerprint density at radius 1 is 0.969 bits per heavy atom. The summed E-state index contributed by atoms with van der Waals surface area (Å²) in [5.74, 6) is 1.03. The van der Waals surface area contributed by atoms with Crippen LogP contribution in [0.4, 0.5) is 0 Å². The Bertz CT molecular complexity index is 1250. The van der Waals surface area contributed by atoms with Crippen molar-refractivity contribution in [3.63, 3.8) is 0 Å². The van der Waals surface area contributed by atoms with E-state index in [-0.39, 0.29) is 5.91 Å². The molecule has 1 N–H and O–H groups in total. The second-order valence-electron chi connectivity index (χ2n) is 7.58. The van der Waals surface area contributed by atoms with Crippen LogP contribution in [0, 0.1) is 10.5 Å². The van der Waals surface area contributed by atoms with Gasteiger partial charge < -0.3 is 14.8 Å². The molecule has 0 bridgehead atoms. The number of carbonyl (C=O) groups excluding carboxylic acids is 1. The minimum Gasteiger partial charge on any atom is -0.493 e. The Hall–Kier alpha value is -3.06. The molecule has 0 heterocycles. The van der Waals surface area contributed by atoms with Gasteiger partial charge in [0.2, 0.25) is 0 Å². The number of nitrogens with one attached hydrogen (secondary N) is 1. The van der Waals surface area contributed by atoms with Gasteiger partial charge in [-0.25, -0.2) is 0 Å². The Kier molecular flexibility index (Phi) is 6.95. The SMILES string of the molecule is COc1cc(C(=O)NCc2cccc3ccccc23)cc(I)c1OCc1ccc(C)cc1. The largest absolute Gasteiger partial charge is 0.493 e. The normalized spacial score (nSPS) is 10.7. The van der Waals surface area contributed by atoms with Crippen LogP contribution >= 0.6 is 22.6 Å². The van der Waals surface area contributed by atoms with Gasteiger partial charge in [0.25, 0.3) is 5.91 Å². The lowest BCUT2D eigenvalue weighted by molar-refractivity contribution is 0.0950. The number of ether oxygens (including phenoxy) is 2. The summed E-state index contributed by atoms with van der Waals surface area (Å²) in [6, 6.07) is 26.1. The highest BCUT2D eigenvalue weighted by Crippen LogP contribution is 2.34. The number of benzene rings is 4. The standard InChI is InChI=1S/C27H24INO3/c1-18-10-12-19(13-11-18)17-32-26-24(28)14-22(15-25(26)31-2)27(30)29-16-21-8-5-7-20-6-3-4-9-23(20)21/h3-15H,16-17H2,1-2H3,(H,29,30). The van der Waals surface area contributed by atoms with Crippen LogP contribution in [0.15, 0.2) is 78.9 Å². The van der Waals surface area contributed by atoms with Crippen LogP contribution in [0.2, 0.25) is 0 Å². The molecule has 0 radical (unpaired) electrons. The highest BCUT2D eigenvalue weighted by Gasteiger charge is 2.16. The van der Waals surface area contributed by atoms with E-state index < -0.39 is 0 Å². The second kappa shape index (κ2) is 10.0. The molecule has 4 aromatic rings. The number of hydrogen-bond donors (Lipinski definition) is 1. The fourth-order valence-electron chi connectivity index (χ4n) is 3.56. The topological polar surface area (TPSA) is 47.6 Å². The highest BCUT2D eigenvalue weighted by atomic mass is 127. The number of methoxy groups -OCH3 is 1. The van der Waals surface area contributed by atoms with E-state index in [4.69, 9.17) is 9.47 Å². The van der Waals surface area contributed by atoms with Crippen molar-refractivity contribution in [3.8, 4) is 11.5 Å². The molecule has 4 aromatic carbocycles. The zero-order valence-electron chi connectivity index (χ0n) is 18.0. The van der Waals surface area contributed by atoms with Crippen molar-refractivity contribution in [1.82, 2.24) is 5.32 Å². The molecular weight excluding hydrogens is 513 g/mol. The van der Waals surface area contributed by atoms with Gasteiger partial charge in [0.15, 0.2) is 11.5 Å². The molecule has 0 atom stereocenters. The van der Waals surface area contributed by atoms with Crippen molar-refractivity contribution in [2.45, 2.75) is 20.1 Å². The van der Waals surface area contributed by atoms with Gasteiger partial charge in [0, 0.05) is 12.1 Å². The third-order valence-corrected chi connectivity index (χ3v) is 6.12. The fourth-order valence-corrected chi connectivity index (χ4v) is 4.31. The zero-order chi connectivity index (χ0) is 22.5. The maximum atomic E-state index is 12.9. The first-order chi connectivity index (χ1) is 15.5. The molecule has 0 fully saturated rings. The van der Waals surface area contributed by atoms with Crippen LogP contribution in [0.3, 0.4) is 0 Å². The summed E-state index contributed by atoms with van der Waals surface area (Å²) in [6.45, 7) is 2.94. The molecule has 0 saturated heterocycles. The van der Waals surface area contributed by atoms with Gasteiger partial charge in [-0.15, -0.1) is 0 Å². The average molecular weight is 537 g/mol. The van der Waals surface area contributed by atoms with Gasteiger partial charge in [-0.1, -0.05) is 72.3 Å². The van der Waals surface area contributed by atoms with Gasteiger partial charge in [-0.05, 0) is 63.5 Å². The maximum Gasteiger partial charge on any atom is 0.251 e. The maximum absolute atomic E-state index is 12.9. The van der Waals surface area contributed by atoms with Gasteiger partial charge in [-0.2, -0.15) is 0 Å². The van der Waals surface area contributed by atoms with Crippen molar-refractivity contribution >= 4 is 39.3 Å². The summed E-state index contributed by atoms with van der Waals surface area (Å²) in [5.41, 5.74) is 3.90. The number of hydrogen-bond acceptors (Lipinski definition) is 3. The number of rotatable bonds is 7. The molecule has 0 unspecified atom stereocenters. The summed E-state index contributed by atoms with van der Waals surface area (Å²) in [7, 11) is 1.59. The number of amides is 1. The number of halogens is 1. The van der Waals surface area contributed by atoms with Crippen molar-refractivity contribution in [3.05, 3.63) is 105 Å². The lowest BCUT2D eigenvalue weighted by Gasteiger charge is -2.15. The quantitative estimate of drug-likeness (QED) is 0.283. The number of carbonyl (C=O) groups is 1. The minimum atomic E-state index is -0.153. The molecule has 0 spiro atoms. The van der Waals surface area contributed by atoms with E-state index in [1.165, 1.54) is 5.56 Å². The first-order valence-corrected chi connectivity index (χ1v) is 11.4. The molecule has 0 aromatic heterocycles. The molecule has 5 heteroatoms. The first kappa shape index (κ1) is 22.1. The van der Waals surface area contributed by atoms with E-state index in [1.54, 1.807) is 13.2 Å². The third-order valence-electron chi connectivity index (χ3n) is 5.31. The summed E-state index contributed by atoms with van der Waals surface area (Å²) in [4.78, 5) is 12.9. The van der Waals surface area contributed by atoms with Crippen molar-refractivity contribution < 1.29 is 14.3 Å². The van der Waals surface area contributed by atoms with Crippen LogP contribution in [-0.2, 0) is 13.2 Å². The lowest BCUT2D eigenvalue weighted by Crippen LogP contribution is -2.23. The third kappa shape index (κ3) is 5.05. The molecule has 162 valence electrons. The van der Waals surface area contributed by atoms with E-state index in [9.17, 15) is 4.79 Å². The van der Waals surface area contributed by atoms with Gasteiger partial charge in [0.05, 0.1) is 10.7 Å². The van der Waals surface area contributed by atoms with Gasteiger partial charge in [-0.3, -0.25) is 4.79 Å². The molecule has 0 aliphatic heterocycles. The Labute approximate surface area is 201 Å². The van der Waals surface area contributed by atoms with Crippen molar-refractivity contribution in [2.24, 2.45) is 0 Å². The molecule has 4 rings (SSSR count). The summed E-state index contributed by atoms with van der Waals surface area (Å²) < 4.78 is 12.4. The van der Waals surface area contributed by atoms with Crippen LogP contribution in [-0.4, -0.2) is 13.0 Å². The Balaban J connectivity index is 1.48. The molecule has 4 nitrogen and oxygen atoms in total. The van der Waals surface area contributed by atoms with E-state index in [0.717, 1.165) is 25.5 Å². The molecule has 1 amide bonds. The second-order valence-corrected chi connectivity index (χ2v) is 8.75. The Morgan fingerprint density at radius 3 is 2.50 bits per heavy atom.